The fourth-order valence-corrected chi connectivity index (χ4v) is 6.88. The minimum atomic E-state index is -0.139. The minimum Gasteiger partial charge on any atom is -0.380 e. The third-order valence-electron chi connectivity index (χ3n) is 7.41. The van der Waals surface area contributed by atoms with Gasteiger partial charge in [-0.3, -0.25) is 0 Å². The molecule has 0 aromatic rings. The lowest BCUT2D eigenvalue weighted by molar-refractivity contribution is -0.0450. The molecule has 6 atom stereocenters. The van der Waals surface area contributed by atoms with Crippen molar-refractivity contribution in [2.45, 2.75) is 121 Å². The maximum Gasteiger partial charge on any atom is 0.106 e. The van der Waals surface area contributed by atoms with Gasteiger partial charge in [0, 0.05) is 18.3 Å². The van der Waals surface area contributed by atoms with Crippen LogP contribution >= 0.6 is 11.8 Å². The number of ether oxygens (including phenoxy) is 3. The molecule has 2 saturated heterocycles. The van der Waals surface area contributed by atoms with Gasteiger partial charge in [0.1, 0.15) is 11.7 Å². The lowest BCUT2D eigenvalue weighted by Crippen LogP contribution is -2.53. The zero-order valence-corrected chi connectivity index (χ0v) is 21.0. The SMILES string of the molecule is CCCCCCCCCCS[C@@H]1CC[C@]2(CO2)C(C2(C)O[C@@H]2/C=C/C(C)C)[C@@H]1OC. The zero-order chi connectivity index (χ0) is 21.6. The van der Waals surface area contributed by atoms with Gasteiger partial charge in [-0.05, 0) is 37.9 Å². The van der Waals surface area contributed by atoms with Gasteiger partial charge in [-0.15, -0.1) is 0 Å². The lowest BCUT2D eigenvalue weighted by atomic mass is 9.69. The van der Waals surface area contributed by atoms with Gasteiger partial charge in [0.05, 0.1) is 18.3 Å². The number of hydrogen-bond donors (Lipinski definition) is 0. The fourth-order valence-electron chi connectivity index (χ4n) is 5.47. The first-order valence-electron chi connectivity index (χ1n) is 12.6. The van der Waals surface area contributed by atoms with Crippen LogP contribution in [0.3, 0.4) is 0 Å². The van der Waals surface area contributed by atoms with Crippen LogP contribution in [0.1, 0.15) is 91.9 Å². The molecule has 2 unspecified atom stereocenters. The number of epoxide rings is 2. The predicted molar refractivity (Wildman–Crippen MR) is 128 cm³/mol. The molecule has 0 aromatic heterocycles. The summed E-state index contributed by atoms with van der Waals surface area (Å²) in [5, 5.41) is 0.565. The molecule has 1 spiro atoms. The zero-order valence-electron chi connectivity index (χ0n) is 20.2. The normalized spacial score (nSPS) is 38.1. The Kier molecular flexibility index (Phi) is 9.19. The van der Waals surface area contributed by atoms with Crippen LogP contribution in [0.5, 0.6) is 0 Å². The van der Waals surface area contributed by atoms with Gasteiger partial charge in [0.25, 0.3) is 0 Å². The minimum absolute atomic E-state index is 0.00535. The topological polar surface area (TPSA) is 34.3 Å². The molecule has 1 saturated carbocycles. The van der Waals surface area contributed by atoms with E-state index in [1.54, 1.807) is 0 Å². The largest absolute Gasteiger partial charge is 0.380 e. The van der Waals surface area contributed by atoms with Crippen molar-refractivity contribution in [3.8, 4) is 0 Å². The maximum atomic E-state index is 6.29. The summed E-state index contributed by atoms with van der Waals surface area (Å²) < 4.78 is 18.5. The summed E-state index contributed by atoms with van der Waals surface area (Å²) in [4.78, 5) is 0. The molecule has 3 aliphatic rings. The van der Waals surface area contributed by atoms with E-state index < -0.39 is 0 Å². The highest BCUT2D eigenvalue weighted by Crippen LogP contribution is 2.60. The Bertz CT molecular complexity index is 544. The van der Waals surface area contributed by atoms with Crippen molar-refractivity contribution in [1.29, 1.82) is 0 Å². The highest BCUT2D eigenvalue weighted by molar-refractivity contribution is 7.99. The standard InChI is InChI=1S/C26H46O3S/c1-6-7-8-9-10-11-12-13-18-30-21-16-17-26(19-28-26)24(23(21)27-5)25(4)22(29-25)15-14-20(2)3/h14-15,20-24H,6-13,16-19H2,1-5H3/b15-14+/t21-,22-,23-,24?,25?,26+/m1/s1. The number of unbranched alkanes of at least 4 members (excludes halogenated alkanes) is 7. The molecule has 30 heavy (non-hydrogen) atoms. The van der Waals surface area contributed by atoms with Gasteiger partial charge in [0.2, 0.25) is 0 Å². The van der Waals surface area contributed by atoms with E-state index in [1.807, 2.05) is 7.11 Å². The second-order valence-electron chi connectivity index (χ2n) is 10.3. The first-order chi connectivity index (χ1) is 14.5. The van der Waals surface area contributed by atoms with E-state index in [1.165, 1.54) is 63.5 Å². The average molecular weight is 439 g/mol. The molecule has 4 heteroatoms. The summed E-state index contributed by atoms with van der Waals surface area (Å²) in [5.41, 5.74) is -0.133. The van der Waals surface area contributed by atoms with E-state index in [0.717, 1.165) is 13.0 Å². The number of thioether (sulfide) groups is 1. The molecular formula is C26H46O3S. The first kappa shape index (κ1) is 24.6. The first-order valence-corrected chi connectivity index (χ1v) is 13.7. The van der Waals surface area contributed by atoms with Crippen molar-refractivity contribution in [2.75, 3.05) is 19.5 Å². The van der Waals surface area contributed by atoms with Crippen LogP contribution in [0.25, 0.3) is 0 Å². The molecule has 2 aliphatic heterocycles. The number of rotatable bonds is 14. The van der Waals surface area contributed by atoms with Crippen molar-refractivity contribution < 1.29 is 14.2 Å². The average Bonchev–Trinajstić information content (AvgIpc) is 3.63. The summed E-state index contributed by atoms with van der Waals surface area (Å²) in [5.74, 6) is 2.15. The van der Waals surface area contributed by atoms with E-state index >= 15 is 0 Å². The number of methoxy groups -OCH3 is 1. The third kappa shape index (κ3) is 6.05. The second kappa shape index (κ2) is 11.2. The quantitative estimate of drug-likeness (QED) is 0.170. The van der Waals surface area contributed by atoms with Gasteiger partial charge >= 0.3 is 0 Å². The molecule has 3 rings (SSSR count). The Hall–Kier alpha value is -0.0300. The van der Waals surface area contributed by atoms with E-state index in [4.69, 9.17) is 14.2 Å². The van der Waals surface area contributed by atoms with Crippen LogP contribution < -0.4 is 0 Å². The van der Waals surface area contributed by atoms with Crippen LogP contribution in [0, 0.1) is 11.8 Å². The molecule has 0 amide bonds. The van der Waals surface area contributed by atoms with Gasteiger partial charge in [0.15, 0.2) is 0 Å². The van der Waals surface area contributed by atoms with Crippen molar-refractivity contribution in [3.05, 3.63) is 12.2 Å². The van der Waals surface area contributed by atoms with E-state index in [0.29, 0.717) is 17.1 Å². The molecule has 2 heterocycles. The third-order valence-corrected chi connectivity index (χ3v) is 8.86. The fraction of sp³-hybridized carbons (Fsp3) is 0.923. The second-order valence-corrected chi connectivity index (χ2v) is 11.7. The predicted octanol–water partition coefficient (Wildman–Crippen LogP) is 6.79. The highest BCUT2D eigenvalue weighted by Gasteiger charge is 2.71. The van der Waals surface area contributed by atoms with Crippen LogP contribution in [-0.4, -0.2) is 48.1 Å². The Morgan fingerprint density at radius 3 is 2.37 bits per heavy atom. The van der Waals surface area contributed by atoms with E-state index in [2.05, 4.69) is 51.6 Å². The van der Waals surface area contributed by atoms with E-state index in [9.17, 15) is 0 Å². The Balaban J connectivity index is 1.47. The molecule has 0 N–H and O–H groups in total. The number of hydrogen-bond acceptors (Lipinski definition) is 4. The van der Waals surface area contributed by atoms with Crippen LogP contribution in [0.15, 0.2) is 12.2 Å². The summed E-state index contributed by atoms with van der Waals surface area (Å²) in [6.07, 6.45) is 18.5. The molecule has 0 bridgehead atoms. The van der Waals surface area contributed by atoms with Crippen molar-refractivity contribution in [3.63, 3.8) is 0 Å². The van der Waals surface area contributed by atoms with Crippen LogP contribution in [0.4, 0.5) is 0 Å². The monoisotopic (exact) mass is 438 g/mol. The van der Waals surface area contributed by atoms with Crippen molar-refractivity contribution >= 4 is 11.8 Å². The smallest absolute Gasteiger partial charge is 0.106 e. The van der Waals surface area contributed by atoms with Crippen molar-refractivity contribution in [1.82, 2.24) is 0 Å². The molecule has 0 aromatic carbocycles. The molecular weight excluding hydrogens is 392 g/mol. The Labute approximate surface area is 190 Å². The summed E-state index contributed by atoms with van der Waals surface area (Å²) in [6.45, 7) is 9.90. The van der Waals surface area contributed by atoms with Gasteiger partial charge in [-0.2, -0.15) is 11.8 Å². The summed E-state index contributed by atoms with van der Waals surface area (Å²) >= 11 is 2.14. The maximum absolute atomic E-state index is 6.29. The van der Waals surface area contributed by atoms with E-state index in [-0.39, 0.29) is 23.4 Å². The molecule has 0 radical (unpaired) electrons. The lowest BCUT2D eigenvalue weighted by Gasteiger charge is -2.43. The Morgan fingerprint density at radius 2 is 1.77 bits per heavy atom. The summed E-state index contributed by atoms with van der Waals surface area (Å²) in [7, 11) is 1.90. The van der Waals surface area contributed by atoms with Gasteiger partial charge < -0.3 is 14.2 Å². The molecule has 174 valence electrons. The van der Waals surface area contributed by atoms with Crippen LogP contribution in [-0.2, 0) is 14.2 Å². The van der Waals surface area contributed by atoms with Gasteiger partial charge in [-0.1, -0.05) is 77.9 Å². The summed E-state index contributed by atoms with van der Waals surface area (Å²) in [6, 6.07) is 0. The van der Waals surface area contributed by atoms with Crippen LogP contribution in [0.2, 0.25) is 0 Å². The molecule has 1 aliphatic carbocycles. The van der Waals surface area contributed by atoms with Gasteiger partial charge in [-0.25, -0.2) is 0 Å². The molecule has 3 nitrogen and oxygen atoms in total. The molecule has 3 fully saturated rings. The van der Waals surface area contributed by atoms with Crippen molar-refractivity contribution in [2.24, 2.45) is 11.8 Å². The number of allylic oxidation sites excluding steroid dienone is 1. The highest BCUT2D eigenvalue weighted by atomic mass is 32.2. The Morgan fingerprint density at radius 1 is 1.10 bits per heavy atom.